The summed E-state index contributed by atoms with van der Waals surface area (Å²) in [5.41, 5.74) is -1.98. The van der Waals surface area contributed by atoms with Crippen molar-refractivity contribution in [2.75, 3.05) is 26.4 Å². The van der Waals surface area contributed by atoms with Crippen molar-refractivity contribution in [3.8, 4) is 0 Å². The molecule has 4 saturated heterocycles. The van der Waals surface area contributed by atoms with Crippen LogP contribution in [0.25, 0.3) is 0 Å². The molecule has 8 aliphatic rings. The van der Waals surface area contributed by atoms with Gasteiger partial charge in [-0.05, 0) is 99.7 Å². The maximum Gasteiger partial charge on any atom is 0.187 e. The molecule has 0 aromatic carbocycles. The molecule has 4 heterocycles. The van der Waals surface area contributed by atoms with Crippen molar-refractivity contribution in [3.63, 3.8) is 0 Å². The SMILES string of the molecule is C[C@@H]1[C@@H](O)[C@@H](OC[C@H]2O[C@@H](O[C@H](CC[C@@H](C)C3CC[C@@]4(C)C5CC=C6C(CC[C@H](O[C@@H]7O[C@H](CO)[C@@H](O)[C@H](O)[C@H]7O)C6(C)C)[C@]5(C)[C@H](O)C[C@]34C)C(C)(C)O)[C@H](O[C@@H]3O[C@H](CO)[C@@H](O)[C@H](O)[C@H]3O)[C@@H](O)[C@@H]2O)O[C@H](CO)[C@H]1O. The highest BCUT2D eigenvalue weighted by Gasteiger charge is 2.70. The minimum atomic E-state index is -1.91. The van der Waals surface area contributed by atoms with Gasteiger partial charge >= 0.3 is 0 Å². The minimum Gasteiger partial charge on any atom is -0.394 e. The molecule has 0 aromatic heterocycles. The van der Waals surface area contributed by atoms with Crippen molar-refractivity contribution in [2.45, 2.75) is 254 Å². The highest BCUT2D eigenvalue weighted by molar-refractivity contribution is 5.32. The summed E-state index contributed by atoms with van der Waals surface area (Å²) >= 11 is 0. The van der Waals surface area contributed by atoms with Gasteiger partial charge < -0.3 is 114 Å². The predicted octanol–water partition coefficient (Wildman–Crippen LogP) is -1.96. The van der Waals surface area contributed by atoms with Crippen LogP contribution in [-0.2, 0) is 37.9 Å². The molecule has 7 fully saturated rings. The third kappa shape index (κ3) is 11.0. The molecule has 0 spiro atoms. The topological polar surface area (TPSA) is 377 Å². The van der Waals surface area contributed by atoms with E-state index in [4.69, 9.17) is 37.9 Å². The van der Waals surface area contributed by atoms with Crippen molar-refractivity contribution in [1.82, 2.24) is 0 Å². The van der Waals surface area contributed by atoms with Gasteiger partial charge in [0.2, 0.25) is 0 Å². The lowest BCUT2D eigenvalue weighted by Gasteiger charge is -2.67. The van der Waals surface area contributed by atoms with Crippen LogP contribution >= 0.6 is 0 Å². The van der Waals surface area contributed by atoms with Crippen molar-refractivity contribution in [1.29, 1.82) is 0 Å². The van der Waals surface area contributed by atoms with E-state index in [2.05, 4.69) is 47.6 Å². The monoisotopic (exact) mass is 1120 g/mol. The summed E-state index contributed by atoms with van der Waals surface area (Å²) in [5, 5.41) is 163. The molecule has 0 bridgehead atoms. The zero-order valence-electron chi connectivity index (χ0n) is 46.6. The summed E-state index contributed by atoms with van der Waals surface area (Å²) in [4.78, 5) is 0. The van der Waals surface area contributed by atoms with Gasteiger partial charge in [0.05, 0.1) is 56.4 Å². The van der Waals surface area contributed by atoms with E-state index in [1.807, 2.05) is 0 Å². The highest BCUT2D eigenvalue weighted by atomic mass is 16.8. The molecule has 15 N–H and O–H groups in total. The average molecular weight is 1120 g/mol. The van der Waals surface area contributed by atoms with E-state index in [0.717, 1.165) is 19.3 Å². The molecule has 4 aliphatic carbocycles. The summed E-state index contributed by atoms with van der Waals surface area (Å²) in [6.07, 6.45) is -23.9. The summed E-state index contributed by atoms with van der Waals surface area (Å²) in [5.74, 6) is -0.502. The van der Waals surface area contributed by atoms with Gasteiger partial charge in [0.1, 0.15) is 85.5 Å². The summed E-state index contributed by atoms with van der Waals surface area (Å²) in [7, 11) is 0. The average Bonchev–Trinajstić information content (AvgIpc) is 3.37. The summed E-state index contributed by atoms with van der Waals surface area (Å²) < 4.78 is 48.2. The second kappa shape index (κ2) is 23.7. The van der Waals surface area contributed by atoms with E-state index in [-0.39, 0.29) is 40.9 Å². The van der Waals surface area contributed by atoms with E-state index in [0.29, 0.717) is 25.7 Å². The lowest BCUT2D eigenvalue weighted by Crippen LogP contribution is -2.65. The van der Waals surface area contributed by atoms with Crippen LogP contribution < -0.4 is 0 Å². The molecule has 0 aromatic rings. The Morgan fingerprint density at radius 3 is 1.73 bits per heavy atom. The summed E-state index contributed by atoms with van der Waals surface area (Å²) in [6, 6.07) is 0. The first-order chi connectivity index (χ1) is 36.4. The summed E-state index contributed by atoms with van der Waals surface area (Å²) in [6.45, 7) is 15.5. The number of aliphatic hydroxyl groups is 15. The fourth-order valence-electron chi connectivity index (χ4n) is 15.8. The largest absolute Gasteiger partial charge is 0.394 e. The Morgan fingerprint density at radius 1 is 0.615 bits per heavy atom. The second-order valence-electron chi connectivity index (χ2n) is 26.2. The molecule has 452 valence electrons. The fourth-order valence-corrected chi connectivity index (χ4v) is 15.8. The lowest BCUT2D eigenvalue weighted by atomic mass is 9.38. The van der Waals surface area contributed by atoms with Gasteiger partial charge in [-0.1, -0.05) is 60.1 Å². The molecule has 30 atom stereocenters. The molecule has 3 saturated carbocycles. The van der Waals surface area contributed by atoms with Gasteiger partial charge in [-0.2, -0.15) is 0 Å². The Morgan fingerprint density at radius 2 is 1.15 bits per heavy atom. The Labute approximate surface area is 457 Å². The number of hydrogen-bond acceptors (Lipinski definition) is 23. The Balaban J connectivity index is 0.987. The molecule has 23 nitrogen and oxygen atoms in total. The molecular formula is C55H94O23. The number of aliphatic hydroxyl groups excluding tert-OH is 14. The lowest BCUT2D eigenvalue weighted by molar-refractivity contribution is -0.380. The van der Waals surface area contributed by atoms with Crippen molar-refractivity contribution in [3.05, 3.63) is 11.6 Å². The third-order valence-corrected chi connectivity index (χ3v) is 21.2. The number of ether oxygens (including phenoxy) is 8. The zero-order chi connectivity index (χ0) is 57.5. The van der Waals surface area contributed by atoms with Crippen molar-refractivity contribution >= 4 is 0 Å². The van der Waals surface area contributed by atoms with Crippen LogP contribution in [0.5, 0.6) is 0 Å². The first kappa shape index (κ1) is 62.9. The van der Waals surface area contributed by atoms with Gasteiger partial charge in [0.25, 0.3) is 0 Å². The molecule has 23 heteroatoms. The highest BCUT2D eigenvalue weighted by Crippen LogP contribution is 2.75. The van der Waals surface area contributed by atoms with Crippen LogP contribution in [0.4, 0.5) is 0 Å². The van der Waals surface area contributed by atoms with E-state index < -0.39 is 184 Å². The number of rotatable bonds is 17. The van der Waals surface area contributed by atoms with Crippen molar-refractivity contribution in [2.24, 2.45) is 51.2 Å². The molecule has 8 rings (SSSR count). The maximum absolute atomic E-state index is 12.7. The van der Waals surface area contributed by atoms with E-state index in [1.165, 1.54) is 5.57 Å². The number of fused-ring (bicyclic) bond motifs is 5. The third-order valence-electron chi connectivity index (χ3n) is 21.2. The van der Waals surface area contributed by atoms with E-state index in [9.17, 15) is 76.6 Å². The van der Waals surface area contributed by atoms with Crippen LogP contribution in [-0.4, -0.2) is 244 Å². The zero-order valence-corrected chi connectivity index (χ0v) is 46.6. The number of allylic oxidation sites excluding steroid dienone is 1. The predicted molar refractivity (Wildman–Crippen MR) is 271 cm³/mol. The van der Waals surface area contributed by atoms with Gasteiger partial charge in [-0.3, -0.25) is 0 Å². The Hall–Kier alpha value is -1.18. The van der Waals surface area contributed by atoms with Crippen molar-refractivity contribution < 1.29 is 114 Å². The first-order valence-electron chi connectivity index (χ1n) is 28.4. The molecule has 0 radical (unpaired) electrons. The van der Waals surface area contributed by atoms with Gasteiger partial charge in [0.15, 0.2) is 25.2 Å². The first-order valence-corrected chi connectivity index (χ1v) is 28.4. The minimum absolute atomic E-state index is 0.0169. The fraction of sp³-hybridized carbons (Fsp3) is 0.964. The molecule has 4 aliphatic heterocycles. The molecule has 3 unspecified atom stereocenters. The quantitative estimate of drug-likeness (QED) is 0.0704. The molecular weight excluding hydrogens is 1030 g/mol. The van der Waals surface area contributed by atoms with Gasteiger partial charge in [-0.15, -0.1) is 0 Å². The van der Waals surface area contributed by atoms with Crippen LogP contribution in [0.3, 0.4) is 0 Å². The van der Waals surface area contributed by atoms with Crippen LogP contribution in [0, 0.1) is 51.2 Å². The normalized spacial score (nSPS) is 51.4. The Bertz CT molecular complexity index is 2020. The van der Waals surface area contributed by atoms with Gasteiger partial charge in [-0.25, -0.2) is 0 Å². The molecule has 78 heavy (non-hydrogen) atoms. The maximum atomic E-state index is 12.7. The van der Waals surface area contributed by atoms with E-state index >= 15 is 0 Å². The smallest absolute Gasteiger partial charge is 0.187 e. The van der Waals surface area contributed by atoms with Gasteiger partial charge in [0, 0.05) is 16.7 Å². The van der Waals surface area contributed by atoms with Crippen LogP contribution in [0.15, 0.2) is 11.6 Å². The molecule has 0 amide bonds. The number of hydrogen-bond donors (Lipinski definition) is 15. The Kier molecular flexibility index (Phi) is 19.1. The van der Waals surface area contributed by atoms with Crippen LogP contribution in [0.1, 0.15) is 114 Å². The van der Waals surface area contributed by atoms with Crippen LogP contribution in [0.2, 0.25) is 0 Å². The second-order valence-corrected chi connectivity index (χ2v) is 26.2. The standard InChI is InChI=1S/C55H94O23/c1-23(25-16-17-53(7)32-13-11-26-27(55(32,9)33(59)18-54(25,53)8)12-15-34(51(26,3)4)76-48-44(68)41(65)38(62)29(20-57)73-48)10-14-35(52(5,6)70)77-50-46(78-49-45(69)42(66)39(63)30(21-58)74-49)43(67)40(64)31(75-50)22-71-47-37(61)24(2)36(60)28(19-56)72-47/h11,23-25,27-50,56-70H,10,12-22H2,1-9H3/t23-,24+,25?,27?,28-,29-,30-,31-,32?,33-,34+,35-,36+,37-,38-,39-,40-,41+,42+,43+,44-,45-,46-,47+,48+,49+,50+,53+,54-,55+/m1/s1. The van der Waals surface area contributed by atoms with E-state index in [1.54, 1.807) is 20.8 Å².